The van der Waals surface area contributed by atoms with Crippen molar-refractivity contribution in [2.75, 3.05) is 14.2 Å². The molecule has 3 fully saturated rings. The van der Waals surface area contributed by atoms with Gasteiger partial charge in [-0.15, -0.1) is 0 Å². The Labute approximate surface area is 148 Å². The van der Waals surface area contributed by atoms with Crippen molar-refractivity contribution in [3.8, 4) is 0 Å². The van der Waals surface area contributed by atoms with E-state index in [4.69, 9.17) is 0 Å². The number of fused-ring (bicyclic) bond motifs is 3. The predicted octanol–water partition coefficient (Wildman–Crippen LogP) is 4.41. The molecule has 0 aromatic heterocycles. The average molecular weight is 337 g/mol. The molecule has 0 radical (unpaired) electrons. The van der Waals surface area contributed by atoms with Crippen LogP contribution in [0.2, 0.25) is 0 Å². The smallest absolute Gasteiger partial charge is 0.164 e. The highest BCUT2D eigenvalue weighted by molar-refractivity contribution is 5.99. The number of aliphatic hydroxyl groups excluding tert-OH is 1. The van der Waals surface area contributed by atoms with Crippen LogP contribution in [0.1, 0.15) is 52.9 Å². The number of hydrogen-bond donors (Lipinski definition) is 1. The van der Waals surface area contributed by atoms with Gasteiger partial charge in [-0.05, 0) is 54.1 Å². The summed E-state index contributed by atoms with van der Waals surface area (Å²) in [6.07, 6.45) is 4.92. The van der Waals surface area contributed by atoms with Crippen LogP contribution in [-0.4, -0.2) is 31.2 Å². The summed E-state index contributed by atoms with van der Waals surface area (Å²) in [4.78, 5) is 12.6. The first-order valence-electron chi connectivity index (χ1n) is 9.42. The first kappa shape index (κ1) is 21.1. The molecule has 0 aromatic carbocycles. The van der Waals surface area contributed by atoms with Gasteiger partial charge in [-0.1, -0.05) is 46.8 Å². The van der Waals surface area contributed by atoms with Gasteiger partial charge < -0.3 is 9.84 Å². The molecule has 0 bridgehead atoms. The summed E-state index contributed by atoms with van der Waals surface area (Å²) in [6.45, 7) is 14.3. The second-order valence-electron chi connectivity index (χ2n) is 7.23. The molecule has 0 aromatic rings. The van der Waals surface area contributed by atoms with Gasteiger partial charge in [-0.25, -0.2) is 0 Å². The summed E-state index contributed by atoms with van der Waals surface area (Å²) < 4.78 is 4.25. The van der Waals surface area contributed by atoms with E-state index in [9.17, 15) is 9.90 Å². The zero-order chi connectivity index (χ0) is 18.4. The highest BCUT2D eigenvalue weighted by atomic mass is 16.4. The third-order valence-electron chi connectivity index (χ3n) is 5.86. The van der Waals surface area contributed by atoms with Crippen molar-refractivity contribution in [2.24, 2.45) is 29.6 Å². The van der Waals surface area contributed by atoms with E-state index >= 15 is 0 Å². The van der Waals surface area contributed by atoms with Crippen LogP contribution in [0.15, 0.2) is 24.3 Å². The van der Waals surface area contributed by atoms with E-state index in [-0.39, 0.29) is 11.7 Å². The lowest BCUT2D eigenvalue weighted by Crippen LogP contribution is -2.52. The number of allylic oxidation sites excluding steroid dienone is 1. The molecule has 3 heteroatoms. The number of methoxy groups -OCH3 is 1. The Bertz CT molecular complexity index is 454. The minimum absolute atomic E-state index is 0.119. The fourth-order valence-corrected chi connectivity index (χ4v) is 4.90. The predicted molar refractivity (Wildman–Crippen MR) is 99.8 cm³/mol. The molecule has 138 valence electrons. The molecule has 0 amide bonds. The van der Waals surface area contributed by atoms with Crippen molar-refractivity contribution in [3.63, 3.8) is 0 Å². The topological polar surface area (TPSA) is 46.5 Å². The number of ketones is 1. The highest BCUT2D eigenvalue weighted by Crippen LogP contribution is 2.53. The second kappa shape index (κ2) is 9.53. The lowest BCUT2D eigenvalue weighted by molar-refractivity contribution is -0.133. The maximum atomic E-state index is 12.6. The number of ether oxygens (including phenoxy) is 1. The average Bonchev–Trinajstić information content (AvgIpc) is 2.57. The maximum Gasteiger partial charge on any atom is 0.164 e. The minimum Gasteiger partial charge on any atom is -0.388 e. The van der Waals surface area contributed by atoms with Gasteiger partial charge in [-0.2, -0.15) is 0 Å². The van der Waals surface area contributed by atoms with Crippen LogP contribution in [0.5, 0.6) is 0 Å². The first-order valence-corrected chi connectivity index (χ1v) is 9.42. The highest BCUT2D eigenvalue weighted by Gasteiger charge is 2.52. The van der Waals surface area contributed by atoms with Crippen molar-refractivity contribution >= 4 is 5.78 Å². The van der Waals surface area contributed by atoms with Crippen LogP contribution < -0.4 is 0 Å². The molecule has 3 aliphatic rings. The van der Waals surface area contributed by atoms with Crippen LogP contribution in [-0.2, 0) is 9.53 Å². The summed E-state index contributed by atoms with van der Waals surface area (Å²) >= 11 is 0. The Morgan fingerprint density at radius 3 is 2.17 bits per heavy atom. The fourth-order valence-electron chi connectivity index (χ4n) is 4.90. The van der Waals surface area contributed by atoms with Gasteiger partial charge >= 0.3 is 0 Å². The first-order chi connectivity index (χ1) is 11.4. The van der Waals surface area contributed by atoms with Crippen LogP contribution in [0.4, 0.5) is 0 Å². The standard InChI is InChI=1S/C17H24O2.C2H6O.C2H6/c1-9-5-4-6-12-13-8-7-10(2)16(18)15(13)17(19)11(3)14(9)12;1-3-2;1-2/h9,12-16,18H,2-8H2,1H3;1-2H3;1-2H3/t9?,12?,13?,14?,15?,16-;;/m0../s1. The van der Waals surface area contributed by atoms with Crippen molar-refractivity contribution < 1.29 is 14.6 Å². The molecule has 6 atom stereocenters. The Morgan fingerprint density at radius 1 is 1.04 bits per heavy atom. The molecular weight excluding hydrogens is 300 g/mol. The number of aliphatic hydroxyl groups is 1. The molecule has 1 N–H and O–H groups in total. The van der Waals surface area contributed by atoms with Gasteiger partial charge in [0, 0.05) is 14.2 Å². The van der Waals surface area contributed by atoms with Crippen molar-refractivity contribution in [2.45, 2.75) is 59.0 Å². The molecule has 0 spiro atoms. The van der Waals surface area contributed by atoms with Crippen LogP contribution in [0.25, 0.3) is 0 Å². The molecule has 3 aliphatic carbocycles. The van der Waals surface area contributed by atoms with E-state index < -0.39 is 6.10 Å². The third-order valence-corrected chi connectivity index (χ3v) is 5.86. The molecule has 3 saturated carbocycles. The van der Waals surface area contributed by atoms with Gasteiger partial charge in [0.2, 0.25) is 0 Å². The van der Waals surface area contributed by atoms with Crippen LogP contribution in [0.3, 0.4) is 0 Å². The zero-order valence-corrected chi connectivity index (χ0v) is 16.2. The summed E-state index contributed by atoms with van der Waals surface area (Å²) in [5.41, 5.74) is 1.62. The molecule has 24 heavy (non-hydrogen) atoms. The molecule has 3 nitrogen and oxygen atoms in total. The normalized spacial score (nSPS) is 38.0. The molecule has 5 unspecified atom stereocenters. The molecule has 0 aliphatic heterocycles. The lowest BCUT2D eigenvalue weighted by atomic mass is 9.53. The van der Waals surface area contributed by atoms with E-state index in [1.165, 1.54) is 19.3 Å². The lowest BCUT2D eigenvalue weighted by Gasteiger charge is -2.51. The third kappa shape index (κ3) is 4.00. The summed E-state index contributed by atoms with van der Waals surface area (Å²) in [6, 6.07) is 0. The summed E-state index contributed by atoms with van der Waals surface area (Å²) in [7, 11) is 3.25. The number of hydrogen-bond acceptors (Lipinski definition) is 3. The van der Waals surface area contributed by atoms with E-state index in [2.05, 4.69) is 24.8 Å². The fraction of sp³-hybridized carbons (Fsp3) is 0.762. The number of Topliss-reactive ketones (excluding diaryl/α,β-unsaturated/α-hetero) is 1. The summed E-state index contributed by atoms with van der Waals surface area (Å²) in [5.74, 6) is 1.71. The van der Waals surface area contributed by atoms with Gasteiger partial charge in [0.15, 0.2) is 5.78 Å². The second-order valence-corrected chi connectivity index (χ2v) is 7.23. The van der Waals surface area contributed by atoms with Crippen molar-refractivity contribution in [1.82, 2.24) is 0 Å². The summed E-state index contributed by atoms with van der Waals surface area (Å²) in [5, 5.41) is 10.4. The van der Waals surface area contributed by atoms with Gasteiger partial charge in [0.25, 0.3) is 0 Å². The minimum atomic E-state index is -0.638. The van der Waals surface area contributed by atoms with E-state index in [0.29, 0.717) is 23.7 Å². The monoisotopic (exact) mass is 336 g/mol. The Morgan fingerprint density at radius 2 is 1.58 bits per heavy atom. The van der Waals surface area contributed by atoms with Gasteiger partial charge in [-0.3, -0.25) is 4.79 Å². The maximum absolute atomic E-state index is 12.6. The largest absolute Gasteiger partial charge is 0.388 e. The quantitative estimate of drug-likeness (QED) is 0.526. The van der Waals surface area contributed by atoms with Gasteiger partial charge in [0.1, 0.15) is 0 Å². The van der Waals surface area contributed by atoms with Crippen LogP contribution in [0, 0.1) is 29.6 Å². The number of rotatable bonds is 0. The molecule has 0 heterocycles. The van der Waals surface area contributed by atoms with Crippen molar-refractivity contribution in [3.05, 3.63) is 24.3 Å². The Hall–Kier alpha value is -0.930. The van der Waals surface area contributed by atoms with Crippen molar-refractivity contribution in [1.29, 1.82) is 0 Å². The Kier molecular flexibility index (Phi) is 8.38. The zero-order valence-electron chi connectivity index (χ0n) is 16.2. The van der Waals surface area contributed by atoms with Gasteiger partial charge in [0.05, 0.1) is 12.0 Å². The van der Waals surface area contributed by atoms with E-state index in [1.807, 2.05) is 13.8 Å². The SMILES string of the molecule is C=C1C(=O)C2C(CCC(=C)[C@@H]2O)C2CCCC(C)C12.CC.COC. The Balaban J connectivity index is 0.000000521. The molecule has 0 saturated heterocycles. The number of carbonyl (C=O) groups is 1. The molecular formula is C21H36O3. The number of carbonyl (C=O) groups excluding carboxylic acids is 1. The van der Waals surface area contributed by atoms with E-state index in [1.54, 1.807) is 14.2 Å². The van der Waals surface area contributed by atoms with Crippen LogP contribution >= 0.6 is 0 Å². The molecule has 3 rings (SSSR count). The van der Waals surface area contributed by atoms with E-state index in [0.717, 1.165) is 24.0 Å².